The van der Waals surface area contributed by atoms with Crippen LogP contribution in [0.5, 0.6) is 0 Å². The molecule has 0 amide bonds. The Kier molecular flexibility index (Phi) is 8.00. The maximum atomic E-state index is 14.6. The predicted octanol–water partition coefficient (Wildman–Crippen LogP) is 7.16. The van der Waals surface area contributed by atoms with E-state index < -0.39 is 0 Å². The van der Waals surface area contributed by atoms with E-state index in [1.165, 1.54) is 51.4 Å². The quantitative estimate of drug-likeness (QED) is 0.430. The van der Waals surface area contributed by atoms with Crippen molar-refractivity contribution in [2.45, 2.75) is 84.5 Å². The second-order valence-corrected chi connectivity index (χ2v) is 8.70. The zero-order valence-electron chi connectivity index (χ0n) is 17.6. The van der Waals surface area contributed by atoms with Crippen LogP contribution in [0.3, 0.4) is 0 Å². The highest BCUT2D eigenvalue weighted by Crippen LogP contribution is 2.31. The van der Waals surface area contributed by atoms with Crippen molar-refractivity contribution in [3.05, 3.63) is 47.4 Å². The molecule has 2 nitrogen and oxygen atoms in total. The topological polar surface area (TPSA) is 25.8 Å². The minimum atomic E-state index is -0.189. The first kappa shape index (κ1) is 21.0. The lowest BCUT2D eigenvalue weighted by atomic mass is 9.81. The van der Waals surface area contributed by atoms with Crippen LogP contribution >= 0.6 is 0 Å². The van der Waals surface area contributed by atoms with Crippen LogP contribution in [-0.4, -0.2) is 10.2 Å². The highest BCUT2D eigenvalue weighted by atomic mass is 19.1. The van der Waals surface area contributed by atoms with Crippen LogP contribution in [0.4, 0.5) is 4.39 Å². The summed E-state index contributed by atoms with van der Waals surface area (Å²) in [4.78, 5) is 0. The normalized spacial score (nSPS) is 19.7. The molecule has 0 N–H and O–H groups in total. The summed E-state index contributed by atoms with van der Waals surface area (Å²) >= 11 is 0. The summed E-state index contributed by atoms with van der Waals surface area (Å²) in [7, 11) is 0. The van der Waals surface area contributed by atoms with Gasteiger partial charge in [0.2, 0.25) is 0 Å². The smallest absolute Gasteiger partial charge is 0.132 e. The number of benzene rings is 1. The van der Waals surface area contributed by atoms with Crippen LogP contribution in [-0.2, 0) is 12.8 Å². The fourth-order valence-electron chi connectivity index (χ4n) is 4.28. The standard InChI is InChI=1S/C25H35FN2/c1-3-4-5-6-7-21-13-16-23(24(26)18-21)25-17-15-22(27-28-25)14-12-20-10-8-19(2)9-11-20/h13,15-20H,3-12,14H2,1-2H3. The van der Waals surface area contributed by atoms with Gasteiger partial charge in [-0.15, -0.1) is 0 Å². The largest absolute Gasteiger partial charge is 0.206 e. The van der Waals surface area contributed by atoms with Crippen LogP contribution < -0.4 is 0 Å². The van der Waals surface area contributed by atoms with Gasteiger partial charge in [-0.1, -0.05) is 64.9 Å². The van der Waals surface area contributed by atoms with Gasteiger partial charge >= 0.3 is 0 Å². The first-order valence-corrected chi connectivity index (χ1v) is 11.3. The Labute approximate surface area is 170 Å². The van der Waals surface area contributed by atoms with Crippen molar-refractivity contribution in [2.24, 2.45) is 11.8 Å². The average Bonchev–Trinajstić information content (AvgIpc) is 2.71. The zero-order chi connectivity index (χ0) is 19.8. The molecule has 1 saturated carbocycles. The summed E-state index contributed by atoms with van der Waals surface area (Å²) in [6.07, 6.45) is 13.4. The minimum Gasteiger partial charge on any atom is -0.206 e. The van der Waals surface area contributed by atoms with E-state index in [1.54, 1.807) is 6.07 Å². The fraction of sp³-hybridized carbons (Fsp3) is 0.600. The molecule has 0 saturated heterocycles. The number of nitrogens with zero attached hydrogens (tertiary/aromatic N) is 2. The molecule has 0 bridgehead atoms. The Morgan fingerprint density at radius 1 is 0.929 bits per heavy atom. The lowest BCUT2D eigenvalue weighted by Gasteiger charge is -2.25. The Bertz CT molecular complexity index is 718. The Hall–Kier alpha value is -1.77. The summed E-state index contributed by atoms with van der Waals surface area (Å²) < 4.78 is 14.6. The number of halogens is 1. The van der Waals surface area contributed by atoms with E-state index in [4.69, 9.17) is 0 Å². The van der Waals surface area contributed by atoms with Gasteiger partial charge in [-0.05, 0) is 67.3 Å². The summed E-state index contributed by atoms with van der Waals surface area (Å²) in [5, 5.41) is 8.68. The monoisotopic (exact) mass is 382 g/mol. The van der Waals surface area contributed by atoms with Gasteiger partial charge in [0.1, 0.15) is 5.82 Å². The average molecular weight is 383 g/mol. The Balaban J connectivity index is 1.54. The fourth-order valence-corrected chi connectivity index (χ4v) is 4.28. The Morgan fingerprint density at radius 3 is 2.43 bits per heavy atom. The molecule has 1 heterocycles. The van der Waals surface area contributed by atoms with Gasteiger partial charge in [-0.3, -0.25) is 0 Å². The molecule has 0 spiro atoms. The molecule has 1 aromatic heterocycles. The molecule has 1 aromatic carbocycles. The molecule has 152 valence electrons. The Morgan fingerprint density at radius 2 is 1.75 bits per heavy atom. The van der Waals surface area contributed by atoms with E-state index >= 15 is 0 Å². The van der Waals surface area contributed by atoms with E-state index in [9.17, 15) is 4.39 Å². The van der Waals surface area contributed by atoms with Gasteiger partial charge < -0.3 is 0 Å². The minimum absolute atomic E-state index is 0.189. The van der Waals surface area contributed by atoms with Crippen molar-refractivity contribution in [3.8, 4) is 11.3 Å². The molecule has 0 radical (unpaired) electrons. The van der Waals surface area contributed by atoms with Gasteiger partial charge in [0.25, 0.3) is 0 Å². The van der Waals surface area contributed by atoms with Crippen molar-refractivity contribution in [1.82, 2.24) is 10.2 Å². The molecule has 0 aliphatic heterocycles. The van der Waals surface area contributed by atoms with Crippen LogP contribution in [0, 0.1) is 17.7 Å². The summed E-state index contributed by atoms with van der Waals surface area (Å²) in [6.45, 7) is 4.57. The number of hydrogen-bond donors (Lipinski definition) is 0. The lowest BCUT2D eigenvalue weighted by Crippen LogP contribution is -2.13. The lowest BCUT2D eigenvalue weighted by molar-refractivity contribution is 0.277. The molecular formula is C25H35FN2. The maximum Gasteiger partial charge on any atom is 0.132 e. The van der Waals surface area contributed by atoms with E-state index in [0.29, 0.717) is 11.3 Å². The highest BCUT2D eigenvalue weighted by molar-refractivity contribution is 5.59. The molecule has 3 heteroatoms. The molecule has 1 fully saturated rings. The number of unbranched alkanes of at least 4 members (excludes halogenated alkanes) is 3. The molecule has 3 rings (SSSR count). The van der Waals surface area contributed by atoms with Gasteiger partial charge in [0.05, 0.1) is 11.4 Å². The molecule has 1 aliphatic rings. The first-order chi connectivity index (χ1) is 13.7. The summed E-state index contributed by atoms with van der Waals surface area (Å²) in [6, 6.07) is 9.50. The van der Waals surface area contributed by atoms with Gasteiger partial charge in [0.15, 0.2) is 0 Å². The van der Waals surface area contributed by atoms with Crippen molar-refractivity contribution < 1.29 is 4.39 Å². The third kappa shape index (κ3) is 6.12. The van der Waals surface area contributed by atoms with Gasteiger partial charge in [-0.2, -0.15) is 10.2 Å². The second kappa shape index (κ2) is 10.7. The van der Waals surface area contributed by atoms with E-state index in [2.05, 4.69) is 24.0 Å². The number of rotatable bonds is 9. The SMILES string of the molecule is CCCCCCc1ccc(-c2ccc(CCC3CCC(C)CC3)nn2)c(F)c1. The third-order valence-electron chi connectivity index (χ3n) is 6.29. The number of aryl methyl sites for hydroxylation is 2. The summed E-state index contributed by atoms with van der Waals surface area (Å²) in [5.74, 6) is 1.54. The first-order valence-electron chi connectivity index (χ1n) is 11.3. The number of aromatic nitrogens is 2. The van der Waals surface area contributed by atoms with Gasteiger partial charge in [0, 0.05) is 5.56 Å². The van der Waals surface area contributed by atoms with Crippen LogP contribution in [0.2, 0.25) is 0 Å². The molecule has 0 unspecified atom stereocenters. The van der Waals surface area contributed by atoms with Crippen molar-refractivity contribution in [3.63, 3.8) is 0 Å². The van der Waals surface area contributed by atoms with Crippen molar-refractivity contribution in [2.75, 3.05) is 0 Å². The molecule has 28 heavy (non-hydrogen) atoms. The second-order valence-electron chi connectivity index (χ2n) is 8.70. The van der Waals surface area contributed by atoms with E-state index in [1.807, 2.05) is 24.3 Å². The van der Waals surface area contributed by atoms with E-state index in [0.717, 1.165) is 42.4 Å². The van der Waals surface area contributed by atoms with Crippen LogP contribution in [0.1, 0.15) is 82.9 Å². The number of hydrogen-bond acceptors (Lipinski definition) is 2. The zero-order valence-corrected chi connectivity index (χ0v) is 17.6. The highest BCUT2D eigenvalue weighted by Gasteiger charge is 2.18. The van der Waals surface area contributed by atoms with Gasteiger partial charge in [-0.25, -0.2) is 4.39 Å². The summed E-state index contributed by atoms with van der Waals surface area (Å²) in [5.41, 5.74) is 3.28. The third-order valence-corrected chi connectivity index (χ3v) is 6.29. The van der Waals surface area contributed by atoms with Crippen molar-refractivity contribution in [1.29, 1.82) is 0 Å². The predicted molar refractivity (Wildman–Crippen MR) is 115 cm³/mol. The molecule has 0 atom stereocenters. The molecular weight excluding hydrogens is 347 g/mol. The maximum absolute atomic E-state index is 14.6. The van der Waals surface area contributed by atoms with Crippen molar-refractivity contribution >= 4 is 0 Å². The molecule has 2 aromatic rings. The van der Waals surface area contributed by atoms with Crippen LogP contribution in [0.25, 0.3) is 11.3 Å². The van der Waals surface area contributed by atoms with E-state index in [-0.39, 0.29) is 5.82 Å². The van der Waals surface area contributed by atoms with Crippen LogP contribution in [0.15, 0.2) is 30.3 Å². The molecule has 1 aliphatic carbocycles.